The highest BCUT2D eigenvalue weighted by molar-refractivity contribution is 7.14. The molecule has 1 amide bonds. The molecule has 1 fully saturated rings. The molecule has 31 heavy (non-hydrogen) atoms. The lowest BCUT2D eigenvalue weighted by atomic mass is 10.1. The molecule has 2 aromatic heterocycles. The number of benzene rings is 1. The predicted molar refractivity (Wildman–Crippen MR) is 125 cm³/mol. The van der Waals surface area contributed by atoms with Gasteiger partial charge in [0, 0.05) is 37.1 Å². The van der Waals surface area contributed by atoms with Crippen molar-refractivity contribution in [2.75, 3.05) is 39.4 Å². The number of carbonyl (C=O) groups excluding carboxylic acids is 1. The van der Waals surface area contributed by atoms with Crippen molar-refractivity contribution in [1.82, 2.24) is 14.8 Å². The van der Waals surface area contributed by atoms with Crippen LogP contribution in [-0.4, -0.2) is 60.1 Å². The number of thiophene rings is 1. The number of hydrogen-bond donors (Lipinski definition) is 0. The van der Waals surface area contributed by atoms with Gasteiger partial charge in [0.2, 0.25) is 0 Å². The van der Waals surface area contributed by atoms with Crippen LogP contribution in [0.2, 0.25) is 0 Å². The molecular weight excluding hydrogens is 430 g/mol. The van der Waals surface area contributed by atoms with Crippen LogP contribution in [-0.2, 0) is 6.54 Å². The molecule has 0 saturated carbocycles. The van der Waals surface area contributed by atoms with Crippen molar-refractivity contribution in [3.63, 3.8) is 0 Å². The van der Waals surface area contributed by atoms with Gasteiger partial charge in [-0.2, -0.15) is 0 Å². The summed E-state index contributed by atoms with van der Waals surface area (Å²) in [4.78, 5) is 23.3. The van der Waals surface area contributed by atoms with Gasteiger partial charge in [-0.25, -0.2) is 4.98 Å². The minimum atomic E-state index is 0.0397. The summed E-state index contributed by atoms with van der Waals surface area (Å²) in [6, 6.07) is 9.60. The van der Waals surface area contributed by atoms with Crippen LogP contribution >= 0.6 is 22.7 Å². The van der Waals surface area contributed by atoms with Crippen molar-refractivity contribution in [3.8, 4) is 22.1 Å². The largest absolute Gasteiger partial charge is 0.490 e. The number of thiazole rings is 1. The third kappa shape index (κ3) is 5.26. The number of ether oxygens (including phenoxy) is 2. The van der Waals surface area contributed by atoms with Gasteiger partial charge in [-0.15, -0.1) is 22.7 Å². The molecule has 0 radical (unpaired) electrons. The maximum Gasteiger partial charge on any atom is 0.254 e. The van der Waals surface area contributed by atoms with Crippen LogP contribution in [0.5, 0.6) is 11.5 Å². The Kier molecular flexibility index (Phi) is 7.21. The van der Waals surface area contributed by atoms with E-state index in [0.717, 1.165) is 30.3 Å². The van der Waals surface area contributed by atoms with Gasteiger partial charge >= 0.3 is 0 Å². The second-order valence-corrected chi connectivity index (χ2v) is 9.09. The second-order valence-electron chi connectivity index (χ2n) is 7.20. The molecule has 8 heteroatoms. The Morgan fingerprint density at radius 3 is 2.52 bits per heavy atom. The fourth-order valence-corrected chi connectivity index (χ4v) is 5.18. The molecule has 0 N–H and O–H groups in total. The van der Waals surface area contributed by atoms with Gasteiger partial charge in [0.25, 0.3) is 5.91 Å². The standard InChI is InChI=1S/C23H27N3O3S2/c1-3-28-19-8-7-17(14-20(19)29-4-2)23(27)26-11-9-25(10-12-26)15-22-24-18(16-31-22)21-6-5-13-30-21/h5-8,13-14,16H,3-4,9-12,15H2,1-2H3. The predicted octanol–water partition coefficient (Wildman–Crippen LogP) is 4.63. The lowest BCUT2D eigenvalue weighted by Gasteiger charge is -2.34. The molecule has 0 bridgehead atoms. The SMILES string of the molecule is CCOc1ccc(C(=O)N2CCN(Cc3nc(-c4cccs4)cs3)CC2)cc1OCC. The molecule has 3 heterocycles. The minimum absolute atomic E-state index is 0.0397. The summed E-state index contributed by atoms with van der Waals surface area (Å²) in [5.41, 5.74) is 1.70. The van der Waals surface area contributed by atoms with E-state index in [1.54, 1.807) is 28.7 Å². The van der Waals surface area contributed by atoms with Gasteiger partial charge in [0.1, 0.15) is 5.01 Å². The van der Waals surface area contributed by atoms with Gasteiger partial charge in [0.15, 0.2) is 11.5 Å². The van der Waals surface area contributed by atoms with Crippen molar-refractivity contribution in [3.05, 3.63) is 51.7 Å². The summed E-state index contributed by atoms with van der Waals surface area (Å²) >= 11 is 3.42. The Labute approximate surface area is 191 Å². The molecule has 0 unspecified atom stereocenters. The van der Waals surface area contributed by atoms with Crippen LogP contribution < -0.4 is 9.47 Å². The van der Waals surface area contributed by atoms with E-state index in [9.17, 15) is 4.79 Å². The summed E-state index contributed by atoms with van der Waals surface area (Å²) < 4.78 is 11.3. The van der Waals surface area contributed by atoms with Gasteiger partial charge in [-0.1, -0.05) is 6.07 Å². The molecule has 1 aromatic carbocycles. The van der Waals surface area contributed by atoms with Crippen LogP contribution in [0.4, 0.5) is 0 Å². The number of nitrogens with zero attached hydrogens (tertiary/aromatic N) is 3. The Hall–Kier alpha value is -2.42. The quantitative estimate of drug-likeness (QED) is 0.494. The third-order valence-electron chi connectivity index (χ3n) is 5.13. The summed E-state index contributed by atoms with van der Waals surface area (Å²) in [5, 5.41) is 5.32. The van der Waals surface area contributed by atoms with E-state index in [1.165, 1.54) is 4.88 Å². The Balaban J connectivity index is 1.34. The average molecular weight is 458 g/mol. The molecule has 4 rings (SSSR count). The first-order chi connectivity index (χ1) is 15.2. The van der Waals surface area contributed by atoms with E-state index in [0.29, 0.717) is 43.4 Å². The van der Waals surface area contributed by atoms with Crippen LogP contribution in [0.1, 0.15) is 29.2 Å². The number of rotatable bonds is 8. The lowest BCUT2D eigenvalue weighted by molar-refractivity contribution is 0.0628. The van der Waals surface area contributed by atoms with Crippen molar-refractivity contribution in [1.29, 1.82) is 0 Å². The zero-order chi connectivity index (χ0) is 21.6. The van der Waals surface area contributed by atoms with E-state index >= 15 is 0 Å². The van der Waals surface area contributed by atoms with Crippen molar-refractivity contribution < 1.29 is 14.3 Å². The molecule has 0 atom stereocenters. The number of amides is 1. The van der Waals surface area contributed by atoms with E-state index in [2.05, 4.69) is 27.8 Å². The highest BCUT2D eigenvalue weighted by atomic mass is 32.1. The van der Waals surface area contributed by atoms with Crippen LogP contribution in [0.15, 0.2) is 41.1 Å². The minimum Gasteiger partial charge on any atom is -0.490 e. The van der Waals surface area contributed by atoms with Crippen LogP contribution in [0.25, 0.3) is 10.6 Å². The lowest BCUT2D eigenvalue weighted by Crippen LogP contribution is -2.48. The number of hydrogen-bond acceptors (Lipinski definition) is 7. The van der Waals surface area contributed by atoms with Crippen molar-refractivity contribution >= 4 is 28.6 Å². The van der Waals surface area contributed by atoms with E-state index in [4.69, 9.17) is 14.5 Å². The van der Waals surface area contributed by atoms with Gasteiger partial charge in [-0.3, -0.25) is 9.69 Å². The molecule has 1 aliphatic heterocycles. The number of aromatic nitrogens is 1. The normalized spacial score (nSPS) is 14.6. The summed E-state index contributed by atoms with van der Waals surface area (Å²) in [5.74, 6) is 1.34. The highest BCUT2D eigenvalue weighted by Gasteiger charge is 2.24. The zero-order valence-corrected chi connectivity index (χ0v) is 19.5. The Morgan fingerprint density at radius 2 is 1.81 bits per heavy atom. The highest BCUT2D eigenvalue weighted by Crippen LogP contribution is 2.30. The van der Waals surface area contributed by atoms with E-state index < -0.39 is 0 Å². The van der Waals surface area contributed by atoms with Gasteiger partial charge < -0.3 is 14.4 Å². The molecular formula is C23H27N3O3S2. The smallest absolute Gasteiger partial charge is 0.254 e. The fourth-order valence-electron chi connectivity index (χ4n) is 3.59. The zero-order valence-electron chi connectivity index (χ0n) is 17.9. The first-order valence-electron chi connectivity index (χ1n) is 10.6. The summed E-state index contributed by atoms with van der Waals surface area (Å²) in [6.45, 7) is 8.88. The van der Waals surface area contributed by atoms with Crippen molar-refractivity contribution in [2.24, 2.45) is 0 Å². The first-order valence-corrected chi connectivity index (χ1v) is 12.3. The second kappa shape index (κ2) is 10.3. The maximum atomic E-state index is 13.0. The average Bonchev–Trinajstić information content (AvgIpc) is 3.47. The van der Waals surface area contributed by atoms with Crippen LogP contribution in [0.3, 0.4) is 0 Å². The molecule has 1 saturated heterocycles. The maximum absolute atomic E-state index is 13.0. The van der Waals surface area contributed by atoms with Crippen molar-refractivity contribution in [2.45, 2.75) is 20.4 Å². The first kappa shape index (κ1) is 21.8. The van der Waals surface area contributed by atoms with E-state index in [-0.39, 0.29) is 5.91 Å². The van der Waals surface area contributed by atoms with E-state index in [1.807, 2.05) is 30.9 Å². The molecule has 0 aliphatic carbocycles. The monoisotopic (exact) mass is 457 g/mol. The molecule has 0 spiro atoms. The topological polar surface area (TPSA) is 54.9 Å². The number of piperazine rings is 1. The third-order valence-corrected chi connectivity index (χ3v) is 6.86. The van der Waals surface area contributed by atoms with Crippen LogP contribution in [0, 0.1) is 0 Å². The molecule has 1 aliphatic rings. The Bertz CT molecular complexity index is 995. The van der Waals surface area contributed by atoms with Gasteiger partial charge in [0.05, 0.1) is 30.3 Å². The Morgan fingerprint density at radius 1 is 1.03 bits per heavy atom. The molecule has 6 nitrogen and oxygen atoms in total. The fraction of sp³-hybridized carbons (Fsp3) is 0.391. The summed E-state index contributed by atoms with van der Waals surface area (Å²) in [6.07, 6.45) is 0. The molecule has 164 valence electrons. The molecule has 3 aromatic rings. The summed E-state index contributed by atoms with van der Waals surface area (Å²) in [7, 11) is 0. The van der Waals surface area contributed by atoms with Gasteiger partial charge in [-0.05, 0) is 43.5 Å². The number of carbonyl (C=O) groups is 1.